The van der Waals surface area contributed by atoms with Gasteiger partial charge in [0.1, 0.15) is 6.10 Å². The van der Waals surface area contributed by atoms with Crippen molar-refractivity contribution < 1.29 is 19.7 Å². The van der Waals surface area contributed by atoms with Gasteiger partial charge in [-0.25, -0.2) is 0 Å². The van der Waals surface area contributed by atoms with Crippen molar-refractivity contribution >= 4 is 5.78 Å². The highest BCUT2D eigenvalue weighted by molar-refractivity contribution is 5.92. The van der Waals surface area contributed by atoms with E-state index >= 15 is 0 Å². The number of epoxide rings is 1. The summed E-state index contributed by atoms with van der Waals surface area (Å²) in [5.41, 5.74) is -0.698. The highest BCUT2D eigenvalue weighted by Gasteiger charge is 2.77. The summed E-state index contributed by atoms with van der Waals surface area (Å²) in [5.74, 6) is 2.50. The molecule has 11 atom stereocenters. The average molecular weight is 475 g/mol. The third-order valence-electron chi connectivity index (χ3n) is 12.7. The molecule has 5 fully saturated rings. The molecule has 4 saturated carbocycles. The van der Waals surface area contributed by atoms with Crippen molar-refractivity contribution in [3.05, 3.63) is 0 Å². The Morgan fingerprint density at radius 3 is 2.35 bits per heavy atom. The Morgan fingerprint density at radius 2 is 1.71 bits per heavy atom. The Morgan fingerprint density at radius 1 is 1.06 bits per heavy atom. The van der Waals surface area contributed by atoms with E-state index < -0.39 is 5.60 Å². The normalized spacial score (nSPS) is 52.3. The van der Waals surface area contributed by atoms with Crippen molar-refractivity contribution in [2.24, 2.45) is 51.2 Å². The molecule has 0 aromatic heterocycles. The first-order chi connectivity index (χ1) is 15.6. The van der Waals surface area contributed by atoms with Gasteiger partial charge in [0.25, 0.3) is 0 Å². The molecule has 4 nitrogen and oxygen atoms in total. The standard InChI is InChI=1S/C30H50O4/c1-17(10-9-13-26(2,3)33)18-11-14-29(7)22(18)19(31)16-21-28(29,6)15-12-20-27(4,5)24(32)23-25(34-23)30(20,21)8/h17-23,25,31,33H,9-16H2,1-8H3/t17-,18+,19-,20?,21-,22+,23?,25?,28+,29-,30-/m0/s1. The summed E-state index contributed by atoms with van der Waals surface area (Å²) in [6.45, 7) is 18.0. The molecule has 1 aliphatic heterocycles. The van der Waals surface area contributed by atoms with E-state index in [9.17, 15) is 15.0 Å². The topological polar surface area (TPSA) is 70.1 Å². The molecule has 0 bridgehead atoms. The lowest BCUT2D eigenvalue weighted by Crippen LogP contribution is -2.67. The maximum atomic E-state index is 13.1. The van der Waals surface area contributed by atoms with E-state index in [1.165, 1.54) is 12.8 Å². The number of ether oxygens (including phenoxy) is 1. The van der Waals surface area contributed by atoms with Crippen molar-refractivity contribution in [3.63, 3.8) is 0 Å². The quantitative estimate of drug-likeness (QED) is 0.496. The van der Waals surface area contributed by atoms with E-state index in [1.54, 1.807) is 0 Å². The molecule has 0 spiro atoms. The van der Waals surface area contributed by atoms with Crippen LogP contribution in [0.5, 0.6) is 0 Å². The molecule has 4 aliphatic carbocycles. The summed E-state index contributed by atoms with van der Waals surface area (Å²) in [6, 6.07) is 0. The van der Waals surface area contributed by atoms with Gasteiger partial charge < -0.3 is 14.9 Å². The Balaban J connectivity index is 1.43. The first-order valence-electron chi connectivity index (χ1n) is 14.2. The van der Waals surface area contributed by atoms with Gasteiger partial charge in [-0.3, -0.25) is 4.79 Å². The second-order valence-electron chi connectivity index (χ2n) is 15.1. The molecule has 2 N–H and O–H groups in total. The van der Waals surface area contributed by atoms with Crippen LogP contribution in [0.4, 0.5) is 0 Å². The van der Waals surface area contributed by atoms with Crippen LogP contribution in [-0.4, -0.2) is 39.9 Å². The fraction of sp³-hybridized carbons (Fsp3) is 0.967. The predicted molar refractivity (Wildman–Crippen MR) is 134 cm³/mol. The van der Waals surface area contributed by atoms with Gasteiger partial charge in [-0.15, -0.1) is 0 Å². The summed E-state index contributed by atoms with van der Waals surface area (Å²) in [6.07, 6.45) is 8.08. The van der Waals surface area contributed by atoms with Gasteiger partial charge in [-0.1, -0.05) is 54.4 Å². The van der Waals surface area contributed by atoms with E-state index in [0.717, 1.165) is 38.5 Å². The fourth-order valence-corrected chi connectivity index (χ4v) is 10.7. The van der Waals surface area contributed by atoms with Crippen molar-refractivity contribution in [2.75, 3.05) is 0 Å². The van der Waals surface area contributed by atoms with Crippen LogP contribution in [0.3, 0.4) is 0 Å². The number of rotatable bonds is 5. The lowest BCUT2D eigenvalue weighted by molar-refractivity contribution is -0.226. The molecule has 1 saturated heterocycles. The van der Waals surface area contributed by atoms with Crippen molar-refractivity contribution in [3.8, 4) is 0 Å². The number of ketones is 1. The van der Waals surface area contributed by atoms with Crippen molar-refractivity contribution in [2.45, 2.75) is 131 Å². The lowest BCUT2D eigenvalue weighted by Gasteiger charge is -2.69. The minimum atomic E-state index is -0.596. The summed E-state index contributed by atoms with van der Waals surface area (Å²) >= 11 is 0. The summed E-state index contributed by atoms with van der Waals surface area (Å²) in [4.78, 5) is 13.1. The highest BCUT2D eigenvalue weighted by atomic mass is 16.6. The largest absolute Gasteiger partial charge is 0.393 e. The van der Waals surface area contributed by atoms with Crippen LogP contribution < -0.4 is 0 Å². The lowest BCUT2D eigenvalue weighted by atomic mass is 9.35. The molecule has 0 aromatic carbocycles. The molecule has 0 radical (unpaired) electrons. The first kappa shape index (κ1) is 25.2. The van der Waals surface area contributed by atoms with Crippen LogP contribution in [0.25, 0.3) is 0 Å². The molecule has 194 valence electrons. The zero-order valence-electron chi connectivity index (χ0n) is 23.0. The van der Waals surface area contributed by atoms with E-state index in [-0.39, 0.29) is 40.0 Å². The smallest absolute Gasteiger partial charge is 0.170 e. The van der Waals surface area contributed by atoms with Crippen molar-refractivity contribution in [1.82, 2.24) is 0 Å². The Kier molecular flexibility index (Phi) is 5.59. The van der Waals surface area contributed by atoms with Gasteiger partial charge in [0.15, 0.2) is 5.78 Å². The zero-order valence-corrected chi connectivity index (χ0v) is 23.0. The summed E-state index contributed by atoms with van der Waals surface area (Å²) in [7, 11) is 0. The van der Waals surface area contributed by atoms with E-state index in [0.29, 0.717) is 35.4 Å². The molecule has 5 aliphatic rings. The van der Waals surface area contributed by atoms with Crippen LogP contribution in [0.2, 0.25) is 0 Å². The number of carbonyl (C=O) groups excluding carboxylic acids is 1. The van der Waals surface area contributed by atoms with Crippen LogP contribution in [-0.2, 0) is 9.53 Å². The van der Waals surface area contributed by atoms with Gasteiger partial charge >= 0.3 is 0 Å². The Labute approximate surface area is 207 Å². The number of hydrogen-bond acceptors (Lipinski definition) is 4. The maximum Gasteiger partial charge on any atom is 0.170 e. The second-order valence-corrected chi connectivity index (χ2v) is 15.1. The number of aliphatic hydroxyl groups is 2. The monoisotopic (exact) mass is 474 g/mol. The number of fused-ring (bicyclic) bond motifs is 7. The third kappa shape index (κ3) is 3.23. The van der Waals surface area contributed by atoms with Gasteiger partial charge in [0.05, 0.1) is 17.8 Å². The SMILES string of the molecule is C[C@@H](CCCC(C)(C)O)[C@H]1CC[C@@]2(C)[C@H]1[C@@H](O)C[C@@H]1[C@@]3(C)C4OC4C(=O)C(C)(C)C3CC[C@]12C. The van der Waals surface area contributed by atoms with Gasteiger partial charge in [-0.05, 0) is 92.8 Å². The number of hydrogen-bond donors (Lipinski definition) is 2. The average Bonchev–Trinajstić information content (AvgIpc) is 3.44. The highest BCUT2D eigenvalue weighted by Crippen LogP contribution is 2.77. The third-order valence-corrected chi connectivity index (χ3v) is 12.7. The number of Topliss-reactive ketones (excluding diaryl/α,β-unsaturated/α-hetero) is 1. The van der Waals surface area contributed by atoms with Gasteiger partial charge in [0, 0.05) is 10.8 Å². The van der Waals surface area contributed by atoms with Crippen LogP contribution in [0.1, 0.15) is 107 Å². The second kappa shape index (κ2) is 7.54. The molecular weight excluding hydrogens is 424 g/mol. The molecule has 0 amide bonds. The van der Waals surface area contributed by atoms with Gasteiger partial charge in [0.2, 0.25) is 0 Å². The van der Waals surface area contributed by atoms with E-state index in [4.69, 9.17) is 4.74 Å². The molecule has 1 heterocycles. The molecule has 34 heavy (non-hydrogen) atoms. The first-order valence-corrected chi connectivity index (χ1v) is 14.2. The van der Waals surface area contributed by atoms with E-state index in [1.807, 2.05) is 13.8 Å². The molecule has 5 rings (SSSR count). The summed E-state index contributed by atoms with van der Waals surface area (Å²) in [5, 5.41) is 22.0. The number of carbonyl (C=O) groups is 1. The van der Waals surface area contributed by atoms with Crippen LogP contribution in [0, 0.1) is 51.2 Å². The minimum absolute atomic E-state index is 0.0412. The molecule has 3 unspecified atom stereocenters. The van der Waals surface area contributed by atoms with Gasteiger partial charge in [-0.2, -0.15) is 0 Å². The fourth-order valence-electron chi connectivity index (χ4n) is 10.7. The Bertz CT molecular complexity index is 843. The predicted octanol–water partition coefficient (Wildman–Crippen LogP) is 5.78. The Hall–Kier alpha value is -0.450. The zero-order chi connectivity index (χ0) is 25.1. The molecule has 4 heteroatoms. The number of aliphatic hydroxyl groups excluding tert-OH is 1. The molecular formula is C30H50O4. The maximum absolute atomic E-state index is 13.1. The minimum Gasteiger partial charge on any atom is -0.393 e. The van der Waals surface area contributed by atoms with Crippen LogP contribution >= 0.6 is 0 Å². The summed E-state index contributed by atoms with van der Waals surface area (Å²) < 4.78 is 6.15. The molecule has 0 aromatic rings. The van der Waals surface area contributed by atoms with E-state index in [2.05, 4.69) is 41.5 Å². The van der Waals surface area contributed by atoms with Crippen LogP contribution in [0.15, 0.2) is 0 Å². The van der Waals surface area contributed by atoms with Crippen molar-refractivity contribution in [1.29, 1.82) is 0 Å².